The van der Waals surface area contributed by atoms with Gasteiger partial charge in [-0.3, -0.25) is 4.79 Å². The molecule has 0 spiro atoms. The molecule has 0 radical (unpaired) electrons. The smallest absolute Gasteiger partial charge is 0.225 e. The Bertz CT molecular complexity index is 743. The highest BCUT2D eigenvalue weighted by Gasteiger charge is 2.28. The van der Waals surface area contributed by atoms with Crippen LogP contribution in [0.25, 0.3) is 0 Å². The van der Waals surface area contributed by atoms with Gasteiger partial charge < -0.3 is 14.8 Å². The number of ether oxygens (including phenoxy) is 2. The van der Waals surface area contributed by atoms with E-state index in [1.54, 1.807) is 0 Å². The molecule has 126 valence electrons. The van der Waals surface area contributed by atoms with E-state index in [4.69, 9.17) is 9.47 Å². The molecule has 2 aromatic carbocycles. The van der Waals surface area contributed by atoms with Crippen LogP contribution in [0.4, 0.5) is 5.69 Å². The van der Waals surface area contributed by atoms with Gasteiger partial charge in [-0.2, -0.15) is 0 Å². The van der Waals surface area contributed by atoms with Gasteiger partial charge in [-0.05, 0) is 43.2 Å². The van der Waals surface area contributed by atoms with E-state index in [0.717, 1.165) is 27.0 Å². The Morgan fingerprint density at radius 1 is 1.08 bits per heavy atom. The number of hydrogen-bond acceptors (Lipinski definition) is 3. The van der Waals surface area contributed by atoms with Gasteiger partial charge in [0.15, 0.2) is 11.5 Å². The fraction of sp³-hybridized carbons (Fsp3) is 0.316. The summed E-state index contributed by atoms with van der Waals surface area (Å²) in [5.41, 5.74) is 2.97. The van der Waals surface area contributed by atoms with Gasteiger partial charge in [0.2, 0.25) is 5.91 Å². The molecule has 0 saturated carbocycles. The highest BCUT2D eigenvalue weighted by Crippen LogP contribution is 2.43. The van der Waals surface area contributed by atoms with Crippen molar-refractivity contribution >= 4 is 27.5 Å². The van der Waals surface area contributed by atoms with Crippen molar-refractivity contribution in [3.63, 3.8) is 0 Å². The zero-order valence-electron chi connectivity index (χ0n) is 13.8. The number of benzene rings is 2. The lowest BCUT2D eigenvalue weighted by Gasteiger charge is -2.27. The topological polar surface area (TPSA) is 47.6 Å². The van der Waals surface area contributed by atoms with Gasteiger partial charge in [-0.15, -0.1) is 0 Å². The third kappa shape index (κ3) is 3.41. The van der Waals surface area contributed by atoms with Crippen molar-refractivity contribution in [2.45, 2.75) is 26.2 Å². The van der Waals surface area contributed by atoms with Crippen LogP contribution in [0.5, 0.6) is 11.5 Å². The summed E-state index contributed by atoms with van der Waals surface area (Å²) in [5.74, 6) is 1.41. The SMILES string of the molecule is CCOc1cc2c(cc1OCC)[C@H](c1ccc(Br)cc1)CC(=O)N2. The summed E-state index contributed by atoms with van der Waals surface area (Å²) in [7, 11) is 0. The first-order valence-electron chi connectivity index (χ1n) is 8.11. The number of halogens is 1. The molecule has 4 nitrogen and oxygen atoms in total. The molecule has 0 saturated heterocycles. The first-order chi connectivity index (χ1) is 11.6. The maximum Gasteiger partial charge on any atom is 0.225 e. The number of anilines is 1. The number of rotatable bonds is 5. The molecule has 0 unspecified atom stereocenters. The first kappa shape index (κ1) is 16.8. The molecule has 1 aliphatic rings. The fourth-order valence-corrected chi connectivity index (χ4v) is 3.26. The van der Waals surface area contributed by atoms with Gasteiger partial charge in [0.05, 0.1) is 13.2 Å². The number of nitrogens with one attached hydrogen (secondary N) is 1. The molecule has 0 aromatic heterocycles. The second-order valence-corrected chi connectivity index (χ2v) is 6.52. The summed E-state index contributed by atoms with van der Waals surface area (Å²) in [5, 5.41) is 2.96. The van der Waals surface area contributed by atoms with E-state index in [2.05, 4.69) is 21.2 Å². The summed E-state index contributed by atoms with van der Waals surface area (Å²) in [6.07, 6.45) is 0.425. The van der Waals surface area contributed by atoms with E-state index >= 15 is 0 Å². The molecule has 1 heterocycles. The van der Waals surface area contributed by atoms with Crippen molar-refractivity contribution in [3.8, 4) is 11.5 Å². The highest BCUT2D eigenvalue weighted by molar-refractivity contribution is 9.10. The number of fused-ring (bicyclic) bond motifs is 1. The summed E-state index contributed by atoms with van der Waals surface area (Å²) in [4.78, 5) is 12.2. The molecule has 1 aliphatic heterocycles. The predicted octanol–water partition coefficient (Wildman–Crippen LogP) is 4.72. The Labute approximate surface area is 150 Å². The predicted molar refractivity (Wildman–Crippen MR) is 98.0 cm³/mol. The molecular formula is C19H20BrNO3. The summed E-state index contributed by atoms with van der Waals surface area (Å²) < 4.78 is 12.4. The third-order valence-corrected chi connectivity index (χ3v) is 4.56. The van der Waals surface area contributed by atoms with E-state index in [1.165, 1.54) is 0 Å². The van der Waals surface area contributed by atoms with Crippen molar-refractivity contribution in [2.75, 3.05) is 18.5 Å². The van der Waals surface area contributed by atoms with Crippen molar-refractivity contribution < 1.29 is 14.3 Å². The molecule has 3 rings (SSSR count). The van der Waals surface area contributed by atoms with Crippen LogP contribution in [0, 0.1) is 0 Å². The van der Waals surface area contributed by atoms with Crippen molar-refractivity contribution in [1.82, 2.24) is 0 Å². The van der Waals surface area contributed by atoms with E-state index < -0.39 is 0 Å². The quantitative estimate of drug-likeness (QED) is 0.804. The minimum Gasteiger partial charge on any atom is -0.490 e. The van der Waals surface area contributed by atoms with Crippen LogP contribution in [0.15, 0.2) is 40.9 Å². The summed E-state index contributed by atoms with van der Waals surface area (Å²) in [6.45, 7) is 4.98. The van der Waals surface area contributed by atoms with Crippen LogP contribution >= 0.6 is 15.9 Å². The van der Waals surface area contributed by atoms with Gasteiger partial charge in [-0.25, -0.2) is 0 Å². The maximum atomic E-state index is 12.2. The van der Waals surface area contributed by atoms with Crippen LogP contribution in [0.2, 0.25) is 0 Å². The molecule has 1 N–H and O–H groups in total. The second kappa shape index (κ2) is 7.26. The molecule has 0 aliphatic carbocycles. The Balaban J connectivity index is 2.08. The van der Waals surface area contributed by atoms with Crippen LogP contribution in [0.1, 0.15) is 37.3 Å². The Kier molecular flexibility index (Phi) is 5.09. The van der Waals surface area contributed by atoms with Gasteiger partial charge in [0.25, 0.3) is 0 Å². The molecule has 2 aromatic rings. The number of carbonyl (C=O) groups is 1. The minimum absolute atomic E-state index is 0.0109. The zero-order valence-corrected chi connectivity index (χ0v) is 15.4. The Hall–Kier alpha value is -2.01. The van der Waals surface area contributed by atoms with Gasteiger partial charge in [0.1, 0.15) is 0 Å². The Morgan fingerprint density at radius 2 is 1.71 bits per heavy atom. The summed E-state index contributed by atoms with van der Waals surface area (Å²) >= 11 is 3.46. The number of hydrogen-bond donors (Lipinski definition) is 1. The summed E-state index contributed by atoms with van der Waals surface area (Å²) in [6, 6.07) is 12.0. The first-order valence-corrected chi connectivity index (χ1v) is 8.90. The van der Waals surface area contributed by atoms with Crippen LogP contribution in [-0.2, 0) is 4.79 Å². The second-order valence-electron chi connectivity index (χ2n) is 5.61. The third-order valence-electron chi connectivity index (χ3n) is 4.03. The van der Waals surface area contributed by atoms with Crippen LogP contribution in [-0.4, -0.2) is 19.1 Å². The Morgan fingerprint density at radius 3 is 2.33 bits per heavy atom. The lowest BCUT2D eigenvalue weighted by atomic mass is 9.84. The molecule has 5 heteroatoms. The highest BCUT2D eigenvalue weighted by atomic mass is 79.9. The lowest BCUT2D eigenvalue weighted by Crippen LogP contribution is -2.23. The zero-order chi connectivity index (χ0) is 17.1. The van der Waals surface area contributed by atoms with Gasteiger partial charge >= 0.3 is 0 Å². The molecule has 0 fully saturated rings. The average molecular weight is 390 g/mol. The fourth-order valence-electron chi connectivity index (χ4n) is 3.00. The van der Waals surface area contributed by atoms with E-state index in [-0.39, 0.29) is 11.8 Å². The van der Waals surface area contributed by atoms with Crippen LogP contribution in [0.3, 0.4) is 0 Å². The largest absolute Gasteiger partial charge is 0.490 e. The molecule has 0 bridgehead atoms. The minimum atomic E-state index is 0.0109. The molecule has 24 heavy (non-hydrogen) atoms. The average Bonchev–Trinajstić information content (AvgIpc) is 2.56. The molecule has 1 atom stereocenters. The van der Waals surface area contributed by atoms with Crippen molar-refractivity contribution in [3.05, 3.63) is 52.0 Å². The van der Waals surface area contributed by atoms with E-state index in [0.29, 0.717) is 25.4 Å². The van der Waals surface area contributed by atoms with Gasteiger partial charge in [-0.1, -0.05) is 28.1 Å². The van der Waals surface area contributed by atoms with E-state index in [1.807, 2.05) is 50.2 Å². The number of amides is 1. The maximum absolute atomic E-state index is 12.2. The van der Waals surface area contributed by atoms with E-state index in [9.17, 15) is 4.79 Å². The van der Waals surface area contributed by atoms with Gasteiger partial charge in [0, 0.05) is 28.6 Å². The van der Waals surface area contributed by atoms with Crippen LogP contribution < -0.4 is 14.8 Å². The number of carbonyl (C=O) groups excluding carboxylic acids is 1. The molecular weight excluding hydrogens is 370 g/mol. The van der Waals surface area contributed by atoms with Crippen molar-refractivity contribution in [2.24, 2.45) is 0 Å². The standard InChI is InChI=1S/C19H20BrNO3/c1-3-23-17-9-15-14(12-5-7-13(20)8-6-12)10-19(22)21-16(15)11-18(17)24-4-2/h5-9,11,14H,3-4,10H2,1-2H3,(H,21,22)/t14-/m0/s1. The van der Waals surface area contributed by atoms with Crippen molar-refractivity contribution in [1.29, 1.82) is 0 Å². The normalized spacial score (nSPS) is 16.3. The lowest BCUT2D eigenvalue weighted by molar-refractivity contribution is -0.116. The molecule has 1 amide bonds. The monoisotopic (exact) mass is 389 g/mol.